The van der Waals surface area contributed by atoms with Crippen LogP contribution in [0.5, 0.6) is 0 Å². The van der Waals surface area contributed by atoms with Gasteiger partial charge in [0.1, 0.15) is 0 Å². The van der Waals surface area contributed by atoms with E-state index in [0.29, 0.717) is 22.3 Å². The number of fused-ring (bicyclic) bond motifs is 1. The third kappa shape index (κ3) is 2.74. The van der Waals surface area contributed by atoms with Crippen LogP contribution in [0.4, 0.5) is 5.69 Å². The summed E-state index contributed by atoms with van der Waals surface area (Å²) in [7, 11) is 0. The van der Waals surface area contributed by atoms with Crippen LogP contribution >= 0.6 is 11.6 Å². The number of carboxylic acids is 1. The van der Waals surface area contributed by atoms with Crippen molar-refractivity contribution in [1.82, 2.24) is 4.90 Å². The normalized spacial score (nSPS) is 26.5. The Balaban J connectivity index is 1.94. The second-order valence-electron chi connectivity index (χ2n) is 6.09. The Morgan fingerprint density at radius 2 is 2.14 bits per heavy atom. The first kappa shape index (κ1) is 14.7. The number of halogens is 1. The molecule has 0 aliphatic carbocycles. The van der Waals surface area contributed by atoms with Crippen molar-refractivity contribution in [2.45, 2.75) is 38.3 Å². The molecule has 114 valence electrons. The summed E-state index contributed by atoms with van der Waals surface area (Å²) in [5.74, 6) is -0.911. The lowest BCUT2D eigenvalue weighted by Gasteiger charge is -2.48. The van der Waals surface area contributed by atoms with E-state index in [9.17, 15) is 9.90 Å². The smallest absolute Gasteiger partial charge is 0.337 e. The Morgan fingerprint density at radius 1 is 1.33 bits per heavy atom. The first-order valence-electron chi connectivity index (χ1n) is 7.60. The van der Waals surface area contributed by atoms with Gasteiger partial charge in [0.05, 0.1) is 16.3 Å². The summed E-state index contributed by atoms with van der Waals surface area (Å²) in [5, 5.41) is 9.98. The van der Waals surface area contributed by atoms with Crippen molar-refractivity contribution in [3.8, 4) is 0 Å². The standard InChI is InChI=1S/C16H21ClN2O2/c1-11-9-18-8-3-2-5-12(18)10-19(11)15-13(16(20)21)6-4-7-14(15)17/h4,6-7,11-12H,2-3,5,8-10H2,1H3,(H,20,21). The van der Waals surface area contributed by atoms with E-state index in [1.807, 2.05) is 0 Å². The quantitative estimate of drug-likeness (QED) is 0.912. The average molecular weight is 309 g/mol. The van der Waals surface area contributed by atoms with Crippen molar-refractivity contribution in [1.29, 1.82) is 0 Å². The molecule has 0 bridgehead atoms. The number of piperidine rings is 1. The molecule has 0 radical (unpaired) electrons. The first-order valence-corrected chi connectivity index (χ1v) is 7.98. The fraction of sp³-hybridized carbons (Fsp3) is 0.562. The highest BCUT2D eigenvalue weighted by molar-refractivity contribution is 6.34. The zero-order valence-corrected chi connectivity index (χ0v) is 13.0. The third-order valence-electron chi connectivity index (χ3n) is 4.69. The van der Waals surface area contributed by atoms with Gasteiger partial charge in [-0.05, 0) is 38.4 Å². The van der Waals surface area contributed by atoms with E-state index in [-0.39, 0.29) is 6.04 Å². The van der Waals surface area contributed by atoms with Gasteiger partial charge >= 0.3 is 5.97 Å². The number of carboxylic acid groups (broad SMARTS) is 1. The number of anilines is 1. The van der Waals surface area contributed by atoms with E-state index in [1.54, 1.807) is 18.2 Å². The van der Waals surface area contributed by atoms with Gasteiger partial charge in [0.15, 0.2) is 0 Å². The summed E-state index contributed by atoms with van der Waals surface area (Å²) < 4.78 is 0. The molecule has 2 unspecified atom stereocenters. The lowest BCUT2D eigenvalue weighted by molar-refractivity contribution is 0.0696. The number of piperazine rings is 1. The SMILES string of the molecule is CC1CN2CCCCC2CN1c1c(Cl)cccc1C(=O)O. The molecule has 0 spiro atoms. The van der Waals surface area contributed by atoms with Crippen LogP contribution in [0.15, 0.2) is 18.2 Å². The number of hydrogen-bond acceptors (Lipinski definition) is 3. The number of para-hydroxylation sites is 1. The molecule has 1 aromatic rings. The van der Waals surface area contributed by atoms with Crippen molar-refractivity contribution < 1.29 is 9.90 Å². The Kier molecular flexibility index (Phi) is 4.09. The van der Waals surface area contributed by atoms with Gasteiger partial charge in [0.25, 0.3) is 0 Å². The Bertz CT molecular complexity index is 549. The number of aromatic carboxylic acids is 1. The van der Waals surface area contributed by atoms with Crippen LogP contribution in [0.3, 0.4) is 0 Å². The highest BCUT2D eigenvalue weighted by atomic mass is 35.5. The molecule has 2 heterocycles. The summed E-state index contributed by atoms with van der Waals surface area (Å²) in [6.45, 7) is 5.16. The first-order chi connectivity index (χ1) is 10.1. The molecule has 1 aromatic carbocycles. The van der Waals surface area contributed by atoms with Crippen molar-refractivity contribution in [2.24, 2.45) is 0 Å². The van der Waals surface area contributed by atoms with Gasteiger partial charge < -0.3 is 10.0 Å². The van der Waals surface area contributed by atoms with Gasteiger partial charge in [-0.2, -0.15) is 0 Å². The van der Waals surface area contributed by atoms with E-state index >= 15 is 0 Å². The van der Waals surface area contributed by atoms with Gasteiger partial charge in [-0.1, -0.05) is 24.1 Å². The summed E-state index contributed by atoms with van der Waals surface area (Å²) in [5.41, 5.74) is 0.989. The topological polar surface area (TPSA) is 43.8 Å². The molecule has 0 amide bonds. The minimum absolute atomic E-state index is 0.275. The fourth-order valence-corrected chi connectivity index (χ4v) is 3.93. The van der Waals surface area contributed by atoms with Crippen LogP contribution in [0, 0.1) is 0 Å². The van der Waals surface area contributed by atoms with E-state index in [1.165, 1.54) is 19.3 Å². The molecule has 1 N–H and O–H groups in total. The van der Waals surface area contributed by atoms with Crippen LogP contribution in [0.25, 0.3) is 0 Å². The molecule has 2 aliphatic rings. The van der Waals surface area contributed by atoms with Gasteiger partial charge in [-0.3, -0.25) is 4.90 Å². The molecule has 2 atom stereocenters. The summed E-state index contributed by atoms with van der Waals surface area (Å²) in [6.07, 6.45) is 3.73. The van der Waals surface area contributed by atoms with Crippen LogP contribution in [0.2, 0.25) is 5.02 Å². The van der Waals surface area contributed by atoms with Gasteiger partial charge in [0.2, 0.25) is 0 Å². The van der Waals surface area contributed by atoms with E-state index in [2.05, 4.69) is 16.7 Å². The van der Waals surface area contributed by atoms with Gasteiger partial charge in [-0.25, -0.2) is 4.79 Å². The molecule has 5 heteroatoms. The monoisotopic (exact) mass is 308 g/mol. The highest BCUT2D eigenvalue weighted by Gasteiger charge is 2.35. The van der Waals surface area contributed by atoms with Crippen LogP contribution in [-0.4, -0.2) is 47.7 Å². The van der Waals surface area contributed by atoms with Crippen molar-refractivity contribution in [3.63, 3.8) is 0 Å². The van der Waals surface area contributed by atoms with E-state index in [0.717, 1.165) is 19.6 Å². The molecule has 2 aliphatic heterocycles. The molecule has 0 saturated carbocycles. The number of benzene rings is 1. The van der Waals surface area contributed by atoms with Crippen LogP contribution < -0.4 is 4.90 Å². The Hall–Kier alpha value is -1.26. The number of hydrogen-bond donors (Lipinski definition) is 1. The maximum atomic E-state index is 11.5. The largest absolute Gasteiger partial charge is 0.478 e. The summed E-state index contributed by atoms with van der Waals surface area (Å²) in [4.78, 5) is 16.2. The second-order valence-corrected chi connectivity index (χ2v) is 6.49. The predicted molar refractivity (Wildman–Crippen MR) is 84.4 cm³/mol. The average Bonchev–Trinajstić information content (AvgIpc) is 2.46. The highest BCUT2D eigenvalue weighted by Crippen LogP contribution is 2.35. The van der Waals surface area contributed by atoms with Gasteiger partial charge in [-0.15, -0.1) is 0 Å². The zero-order valence-electron chi connectivity index (χ0n) is 12.3. The Morgan fingerprint density at radius 3 is 2.90 bits per heavy atom. The molecular weight excluding hydrogens is 288 g/mol. The molecule has 0 aromatic heterocycles. The minimum Gasteiger partial charge on any atom is -0.478 e. The summed E-state index contributed by atoms with van der Waals surface area (Å²) in [6, 6.07) is 5.93. The van der Waals surface area contributed by atoms with Crippen LogP contribution in [-0.2, 0) is 0 Å². The number of carbonyl (C=O) groups is 1. The maximum absolute atomic E-state index is 11.5. The zero-order chi connectivity index (χ0) is 15.0. The molecule has 21 heavy (non-hydrogen) atoms. The van der Waals surface area contributed by atoms with Crippen molar-refractivity contribution >= 4 is 23.3 Å². The molecule has 3 rings (SSSR count). The van der Waals surface area contributed by atoms with Crippen LogP contribution in [0.1, 0.15) is 36.5 Å². The Labute approximate surface area is 130 Å². The molecule has 2 fully saturated rings. The lowest BCUT2D eigenvalue weighted by atomic mass is 9.96. The molecule has 2 saturated heterocycles. The lowest BCUT2D eigenvalue weighted by Crippen LogP contribution is -2.59. The number of rotatable bonds is 2. The predicted octanol–water partition coefficient (Wildman–Crippen LogP) is 3.10. The van der Waals surface area contributed by atoms with E-state index < -0.39 is 5.97 Å². The van der Waals surface area contributed by atoms with E-state index in [4.69, 9.17) is 11.6 Å². The van der Waals surface area contributed by atoms with Crippen molar-refractivity contribution in [2.75, 3.05) is 24.5 Å². The number of nitrogens with zero attached hydrogens (tertiary/aromatic N) is 2. The van der Waals surface area contributed by atoms with Crippen molar-refractivity contribution in [3.05, 3.63) is 28.8 Å². The second kappa shape index (κ2) is 5.85. The van der Waals surface area contributed by atoms with Gasteiger partial charge in [0, 0.05) is 25.2 Å². The summed E-state index contributed by atoms with van der Waals surface area (Å²) >= 11 is 6.33. The fourth-order valence-electron chi connectivity index (χ4n) is 3.64. The maximum Gasteiger partial charge on any atom is 0.337 e. The third-order valence-corrected chi connectivity index (χ3v) is 5.00. The molecular formula is C16H21ClN2O2. The molecule has 4 nitrogen and oxygen atoms in total. The minimum atomic E-state index is -0.911.